The molecule has 0 amide bonds. The van der Waals surface area contributed by atoms with Crippen LogP contribution in [-0.4, -0.2) is 96.6 Å². The maximum atomic E-state index is 10.7. The van der Waals surface area contributed by atoms with Crippen LogP contribution in [0.5, 0.6) is 52.1 Å². The second kappa shape index (κ2) is 25.8. The molecular weight excluding hydrogens is 896 g/mol. The molecule has 2 aromatic carbocycles. The van der Waals surface area contributed by atoms with Gasteiger partial charge in [0, 0.05) is 53.5 Å². The zero-order valence-electron chi connectivity index (χ0n) is 35.0. The average Bonchev–Trinajstić information content (AvgIpc) is 3.36. The summed E-state index contributed by atoms with van der Waals surface area (Å²) in [5.41, 5.74) is 2.96. The number of carbonyl (C=O) groups is 2. The van der Waals surface area contributed by atoms with Gasteiger partial charge in [-0.2, -0.15) is 0 Å². The number of aromatic nitrogens is 9. The molecular formula is C44H36BCl2N9O10. The average molecular weight is 933 g/mol. The van der Waals surface area contributed by atoms with Gasteiger partial charge in [0.05, 0.1) is 45.6 Å². The minimum absolute atomic E-state index is 0.195. The molecule has 0 spiro atoms. The van der Waals surface area contributed by atoms with Crippen LogP contribution in [0, 0.1) is 0 Å². The molecule has 0 saturated heterocycles. The van der Waals surface area contributed by atoms with Gasteiger partial charge in [0.15, 0.2) is 27.6 Å². The van der Waals surface area contributed by atoms with Gasteiger partial charge in [-0.3, -0.25) is 24.5 Å². The quantitative estimate of drug-likeness (QED) is 0.0874. The van der Waals surface area contributed by atoms with Gasteiger partial charge in [-0.05, 0) is 41.9 Å². The van der Waals surface area contributed by atoms with E-state index in [1.165, 1.54) is 51.7 Å². The summed E-state index contributed by atoms with van der Waals surface area (Å²) in [6.07, 6.45) is 11.2. The first-order valence-corrected chi connectivity index (χ1v) is 19.6. The fraction of sp³-hybridized carbons (Fsp3) is 0.0682. The maximum Gasteiger partial charge on any atom is 0.488 e. The normalized spacial score (nSPS) is 9.86. The number of aldehydes is 2. The zero-order valence-corrected chi connectivity index (χ0v) is 36.5. The molecule has 0 bridgehead atoms. The van der Waals surface area contributed by atoms with Crippen molar-refractivity contribution < 1.29 is 48.1 Å². The Bertz CT molecular complexity index is 2740. The van der Waals surface area contributed by atoms with E-state index < -0.39 is 7.12 Å². The van der Waals surface area contributed by atoms with Crippen molar-refractivity contribution in [1.29, 1.82) is 0 Å². The number of methoxy groups -OCH3 is 3. The molecule has 19 nitrogen and oxygen atoms in total. The van der Waals surface area contributed by atoms with Gasteiger partial charge in [-0.15, -0.1) is 30.6 Å². The molecule has 0 aliphatic carbocycles. The molecule has 0 unspecified atom stereocenters. The minimum atomic E-state index is -1.46. The molecule has 0 radical (unpaired) electrons. The number of hydrogen-bond acceptors (Lipinski definition) is 19. The summed E-state index contributed by atoms with van der Waals surface area (Å²) in [5, 5.41) is 40.9. The van der Waals surface area contributed by atoms with Crippen LogP contribution in [0.2, 0.25) is 10.3 Å². The third-order valence-corrected chi connectivity index (χ3v) is 8.49. The lowest BCUT2D eigenvalue weighted by Crippen LogP contribution is -2.29. The molecule has 334 valence electrons. The van der Waals surface area contributed by atoms with Gasteiger partial charge in [-0.1, -0.05) is 71.7 Å². The Morgan fingerprint density at radius 2 is 1.02 bits per heavy atom. The van der Waals surface area contributed by atoms with E-state index in [0.717, 1.165) is 11.8 Å². The van der Waals surface area contributed by atoms with Crippen LogP contribution in [-0.2, 0) is 0 Å². The number of hydrogen-bond donors (Lipinski definition) is 2. The van der Waals surface area contributed by atoms with Crippen molar-refractivity contribution in [3.8, 4) is 63.4 Å². The summed E-state index contributed by atoms with van der Waals surface area (Å²) in [6.45, 7) is 0. The topological polar surface area (TPSA) is 246 Å². The largest absolute Gasteiger partial charge is 0.493 e. The highest BCUT2D eigenvalue weighted by atomic mass is 35.5. The summed E-state index contributed by atoms with van der Waals surface area (Å²) < 4.78 is 31.8. The number of rotatable bonds is 13. The highest BCUT2D eigenvalue weighted by Crippen LogP contribution is 2.32. The number of benzene rings is 2. The molecule has 8 aromatic rings. The first-order chi connectivity index (χ1) is 32.1. The Balaban J connectivity index is 0.000000170. The first-order valence-electron chi connectivity index (χ1n) is 18.9. The summed E-state index contributed by atoms with van der Waals surface area (Å²) in [6, 6.07) is 28.5. The molecule has 2 N–H and O–H groups in total. The third-order valence-electron chi connectivity index (χ3n) is 8.05. The highest BCUT2D eigenvalue weighted by molar-refractivity contribution is 6.58. The Labute approximate surface area is 387 Å². The summed E-state index contributed by atoms with van der Waals surface area (Å²) in [7, 11) is 3.07. The second-order valence-electron chi connectivity index (χ2n) is 12.5. The lowest BCUT2D eigenvalue weighted by molar-refractivity contribution is 0.111. The van der Waals surface area contributed by atoms with E-state index in [0.29, 0.717) is 68.9 Å². The van der Waals surface area contributed by atoms with Crippen LogP contribution in [0.15, 0.2) is 140 Å². The van der Waals surface area contributed by atoms with E-state index in [-0.39, 0.29) is 22.1 Å². The number of ether oxygens (including phenoxy) is 6. The Morgan fingerprint density at radius 3 is 1.48 bits per heavy atom. The Hall–Kier alpha value is -8.17. The lowest BCUT2D eigenvalue weighted by atomic mass is 9.80. The molecule has 22 heteroatoms. The highest BCUT2D eigenvalue weighted by Gasteiger charge is 2.13. The van der Waals surface area contributed by atoms with Crippen LogP contribution in [0.4, 0.5) is 0 Å². The number of halogens is 2. The van der Waals surface area contributed by atoms with Crippen molar-refractivity contribution in [3.63, 3.8) is 0 Å². The van der Waals surface area contributed by atoms with Gasteiger partial charge in [-0.25, -0.2) is 0 Å². The molecule has 0 atom stereocenters. The minimum Gasteiger partial charge on any atom is -0.493 e. The Kier molecular flexibility index (Phi) is 19.1. The molecule has 6 aromatic heterocycles. The van der Waals surface area contributed by atoms with Gasteiger partial charge in [0.1, 0.15) is 29.8 Å². The van der Waals surface area contributed by atoms with Crippen molar-refractivity contribution in [2.45, 2.75) is 0 Å². The zero-order chi connectivity index (χ0) is 47.1. The van der Waals surface area contributed by atoms with Crippen molar-refractivity contribution in [2.75, 3.05) is 21.3 Å². The number of carbonyl (C=O) groups excluding carboxylic acids is 2. The molecule has 0 saturated carbocycles. The maximum absolute atomic E-state index is 10.7. The summed E-state index contributed by atoms with van der Waals surface area (Å²) >= 11 is 11.4. The monoisotopic (exact) mass is 931 g/mol. The first kappa shape index (κ1) is 48.9. The van der Waals surface area contributed by atoms with Crippen molar-refractivity contribution in [2.24, 2.45) is 0 Å². The van der Waals surface area contributed by atoms with E-state index in [4.69, 9.17) is 61.7 Å². The molecule has 8 rings (SSSR count). The second-order valence-corrected chi connectivity index (χ2v) is 13.2. The fourth-order valence-electron chi connectivity index (χ4n) is 4.86. The van der Waals surface area contributed by atoms with Crippen molar-refractivity contribution in [3.05, 3.63) is 162 Å². The van der Waals surface area contributed by atoms with Gasteiger partial charge in [0.2, 0.25) is 5.88 Å². The van der Waals surface area contributed by atoms with Crippen LogP contribution in [0.25, 0.3) is 11.3 Å². The fourth-order valence-corrected chi connectivity index (χ4v) is 5.17. The van der Waals surface area contributed by atoms with Gasteiger partial charge < -0.3 is 38.5 Å². The predicted molar refractivity (Wildman–Crippen MR) is 241 cm³/mol. The van der Waals surface area contributed by atoms with Crippen molar-refractivity contribution >= 4 is 48.4 Å². The summed E-state index contributed by atoms with van der Waals surface area (Å²) in [5.74, 6) is 3.77. The van der Waals surface area contributed by atoms with Gasteiger partial charge >= 0.3 is 7.12 Å². The predicted octanol–water partition coefficient (Wildman–Crippen LogP) is 6.98. The SMILES string of the molecule is COc1cc(-c2ccc(C=O)cc2)nnc1Oc1cccnc1.COc1cc(Cl)nnc1Oc1cccnc1.COc1cc(Oc2cccnc2)nnc1Cl.O=Cc1ccc(B(O)O)cc1. The van der Waals surface area contributed by atoms with E-state index in [1.54, 1.807) is 110 Å². The van der Waals surface area contributed by atoms with E-state index in [9.17, 15) is 9.59 Å². The molecule has 0 fully saturated rings. The van der Waals surface area contributed by atoms with Crippen LogP contribution in [0.3, 0.4) is 0 Å². The molecule has 6 heterocycles. The standard InChI is InChI=1S/C17H13N3O3.2C10H8ClN3O2.C7H7BO3/c1-22-16-9-15(13-6-4-12(11-21)5-7-13)19-20-17(16)23-14-3-2-8-18-10-14;1-15-8-5-9(13-14-10(8)11)16-7-3-2-4-12-6-7;1-15-8-5-9(11)13-14-10(8)16-7-3-2-4-12-6-7;9-5-6-1-3-7(4-2-6)8(10)11/h2-11H,1H3;2*2-6H,1H3;1-5,10-11H. The molecule has 0 aliphatic rings. The van der Waals surface area contributed by atoms with Gasteiger partial charge in [0.25, 0.3) is 11.8 Å². The summed E-state index contributed by atoms with van der Waals surface area (Å²) in [4.78, 5) is 32.7. The smallest absolute Gasteiger partial charge is 0.488 e. The van der Waals surface area contributed by atoms with Crippen LogP contribution < -0.4 is 33.9 Å². The lowest BCUT2D eigenvalue weighted by Gasteiger charge is -2.09. The van der Waals surface area contributed by atoms with E-state index >= 15 is 0 Å². The Morgan fingerprint density at radius 1 is 0.530 bits per heavy atom. The van der Waals surface area contributed by atoms with Crippen LogP contribution in [0.1, 0.15) is 20.7 Å². The third kappa shape index (κ3) is 15.3. The number of pyridine rings is 3. The number of nitrogens with zero attached hydrogens (tertiary/aromatic N) is 9. The van der Waals surface area contributed by atoms with E-state index in [2.05, 4.69) is 45.5 Å². The van der Waals surface area contributed by atoms with Crippen molar-refractivity contribution in [1.82, 2.24) is 45.5 Å². The van der Waals surface area contributed by atoms with Crippen LogP contribution >= 0.6 is 23.2 Å². The molecule has 0 aliphatic heterocycles. The molecule has 66 heavy (non-hydrogen) atoms. The van der Waals surface area contributed by atoms with E-state index in [1.807, 2.05) is 0 Å².